The Morgan fingerprint density at radius 2 is 2.05 bits per heavy atom. The molecule has 0 aromatic heterocycles. The van der Waals surface area contributed by atoms with Crippen molar-refractivity contribution < 1.29 is 9.59 Å². The Morgan fingerprint density at radius 1 is 1.25 bits per heavy atom. The van der Waals surface area contributed by atoms with Crippen LogP contribution in [0.5, 0.6) is 0 Å². The number of likely N-dealkylation sites (tertiary alicyclic amines) is 2. The average Bonchev–Trinajstić information content (AvgIpc) is 2.87. The van der Waals surface area contributed by atoms with E-state index in [-0.39, 0.29) is 18.4 Å². The van der Waals surface area contributed by atoms with E-state index in [4.69, 9.17) is 0 Å². The molecule has 2 aliphatic heterocycles. The van der Waals surface area contributed by atoms with E-state index in [0.29, 0.717) is 12.3 Å². The monoisotopic (exact) mass is 281 g/mol. The first kappa shape index (κ1) is 15.3. The zero-order valence-corrected chi connectivity index (χ0v) is 12.6. The van der Waals surface area contributed by atoms with Gasteiger partial charge in [-0.2, -0.15) is 0 Å². The predicted octanol–water partition coefficient (Wildman–Crippen LogP) is 0.847. The summed E-state index contributed by atoms with van der Waals surface area (Å²) in [5, 5.41) is 3.17. The maximum absolute atomic E-state index is 12.3. The van der Waals surface area contributed by atoms with Crippen LogP contribution < -0.4 is 5.32 Å². The van der Waals surface area contributed by atoms with Crippen LogP contribution in [-0.4, -0.2) is 61.4 Å². The third-order valence-corrected chi connectivity index (χ3v) is 4.38. The third kappa shape index (κ3) is 4.20. The summed E-state index contributed by atoms with van der Waals surface area (Å²) in [5.74, 6) is 0.841. The Kier molecular flexibility index (Phi) is 5.83. The first-order valence-electron chi connectivity index (χ1n) is 7.91. The lowest BCUT2D eigenvalue weighted by atomic mass is 10.1. The van der Waals surface area contributed by atoms with Crippen molar-refractivity contribution in [3.8, 4) is 0 Å². The first-order chi connectivity index (χ1) is 9.70. The third-order valence-electron chi connectivity index (χ3n) is 4.38. The Labute approximate surface area is 121 Å². The van der Waals surface area contributed by atoms with E-state index in [2.05, 4.69) is 5.32 Å². The molecule has 0 aromatic carbocycles. The van der Waals surface area contributed by atoms with Gasteiger partial charge in [0.05, 0.1) is 6.54 Å². The van der Waals surface area contributed by atoms with Crippen LogP contribution in [0.1, 0.15) is 38.5 Å². The quantitative estimate of drug-likeness (QED) is 0.831. The Hall–Kier alpha value is -1.10. The highest BCUT2D eigenvalue weighted by Crippen LogP contribution is 2.17. The number of nitrogens with zero attached hydrogens (tertiary/aromatic N) is 2. The SMILES string of the molecule is CNC[C@@H]1CCN(C(=O)CN2CCCCCCC2=O)C1. The van der Waals surface area contributed by atoms with Crippen molar-refractivity contribution in [3.63, 3.8) is 0 Å². The summed E-state index contributed by atoms with van der Waals surface area (Å²) >= 11 is 0. The predicted molar refractivity (Wildman–Crippen MR) is 78.3 cm³/mol. The minimum atomic E-state index is 0.123. The van der Waals surface area contributed by atoms with Gasteiger partial charge in [-0.15, -0.1) is 0 Å². The van der Waals surface area contributed by atoms with Gasteiger partial charge in [0.1, 0.15) is 0 Å². The second-order valence-corrected chi connectivity index (χ2v) is 6.03. The molecule has 1 atom stereocenters. The molecule has 114 valence electrons. The number of nitrogens with one attached hydrogen (secondary N) is 1. The molecular weight excluding hydrogens is 254 g/mol. The minimum Gasteiger partial charge on any atom is -0.341 e. The van der Waals surface area contributed by atoms with Gasteiger partial charge in [0.15, 0.2) is 0 Å². The van der Waals surface area contributed by atoms with Crippen molar-refractivity contribution in [2.45, 2.75) is 38.5 Å². The van der Waals surface area contributed by atoms with Crippen molar-refractivity contribution in [2.75, 3.05) is 39.8 Å². The lowest BCUT2D eigenvalue weighted by Gasteiger charge is -2.26. The van der Waals surface area contributed by atoms with Crippen molar-refractivity contribution in [1.82, 2.24) is 15.1 Å². The zero-order valence-electron chi connectivity index (χ0n) is 12.6. The second-order valence-electron chi connectivity index (χ2n) is 6.03. The maximum atomic E-state index is 12.3. The molecule has 0 aromatic rings. The molecule has 2 saturated heterocycles. The topological polar surface area (TPSA) is 52.7 Å². The van der Waals surface area contributed by atoms with Crippen LogP contribution in [0.4, 0.5) is 0 Å². The normalized spacial score (nSPS) is 24.6. The molecule has 0 spiro atoms. The molecule has 0 aliphatic carbocycles. The number of rotatable bonds is 4. The smallest absolute Gasteiger partial charge is 0.242 e. The molecule has 5 nitrogen and oxygen atoms in total. The van der Waals surface area contributed by atoms with Gasteiger partial charge in [-0.1, -0.05) is 12.8 Å². The van der Waals surface area contributed by atoms with Crippen LogP contribution in [-0.2, 0) is 9.59 Å². The van der Waals surface area contributed by atoms with Gasteiger partial charge < -0.3 is 15.1 Å². The molecule has 5 heteroatoms. The Bertz CT molecular complexity index is 346. The second kappa shape index (κ2) is 7.62. The lowest BCUT2D eigenvalue weighted by Crippen LogP contribution is -2.43. The molecule has 2 amide bonds. The van der Waals surface area contributed by atoms with Gasteiger partial charge in [0.2, 0.25) is 11.8 Å². The highest BCUT2D eigenvalue weighted by atomic mass is 16.2. The summed E-state index contributed by atoms with van der Waals surface area (Å²) < 4.78 is 0. The summed E-state index contributed by atoms with van der Waals surface area (Å²) in [6, 6.07) is 0. The number of carbonyl (C=O) groups excluding carboxylic acids is 2. The number of hydrogen-bond acceptors (Lipinski definition) is 3. The van der Waals surface area contributed by atoms with Crippen LogP contribution in [0.15, 0.2) is 0 Å². The largest absolute Gasteiger partial charge is 0.341 e. The average molecular weight is 281 g/mol. The summed E-state index contributed by atoms with van der Waals surface area (Å²) in [6.45, 7) is 3.67. The lowest BCUT2D eigenvalue weighted by molar-refractivity contribution is -0.140. The molecule has 2 rings (SSSR count). The van der Waals surface area contributed by atoms with Gasteiger partial charge in [0, 0.05) is 26.1 Å². The minimum absolute atomic E-state index is 0.123. The van der Waals surface area contributed by atoms with E-state index < -0.39 is 0 Å². The van der Waals surface area contributed by atoms with E-state index in [0.717, 1.165) is 51.9 Å². The van der Waals surface area contributed by atoms with Crippen LogP contribution in [0, 0.1) is 5.92 Å². The summed E-state index contributed by atoms with van der Waals surface area (Å²) in [5.41, 5.74) is 0. The Morgan fingerprint density at radius 3 is 2.85 bits per heavy atom. The molecule has 2 fully saturated rings. The highest BCUT2D eigenvalue weighted by molar-refractivity contribution is 5.85. The van der Waals surface area contributed by atoms with Crippen molar-refractivity contribution >= 4 is 11.8 Å². The summed E-state index contributed by atoms with van der Waals surface area (Å²) in [4.78, 5) is 28.0. The molecule has 0 bridgehead atoms. The van der Waals surface area contributed by atoms with Crippen molar-refractivity contribution in [1.29, 1.82) is 0 Å². The van der Waals surface area contributed by atoms with Crippen LogP contribution in [0.2, 0.25) is 0 Å². The fourth-order valence-electron chi connectivity index (χ4n) is 3.16. The van der Waals surface area contributed by atoms with E-state index >= 15 is 0 Å². The van der Waals surface area contributed by atoms with Gasteiger partial charge >= 0.3 is 0 Å². The molecular formula is C15H27N3O2. The number of amides is 2. The summed E-state index contributed by atoms with van der Waals surface area (Å²) in [7, 11) is 1.95. The highest BCUT2D eigenvalue weighted by Gasteiger charge is 2.27. The van der Waals surface area contributed by atoms with Crippen molar-refractivity contribution in [3.05, 3.63) is 0 Å². The fraction of sp³-hybridized carbons (Fsp3) is 0.867. The maximum Gasteiger partial charge on any atom is 0.242 e. The van der Waals surface area contributed by atoms with E-state index in [1.54, 1.807) is 4.90 Å². The molecule has 0 radical (unpaired) electrons. The molecule has 20 heavy (non-hydrogen) atoms. The number of carbonyl (C=O) groups is 2. The van der Waals surface area contributed by atoms with E-state index in [1.165, 1.54) is 6.42 Å². The first-order valence-corrected chi connectivity index (χ1v) is 7.91. The molecule has 2 aliphatic rings. The molecule has 0 saturated carbocycles. The molecule has 1 N–H and O–H groups in total. The van der Waals surface area contributed by atoms with Gasteiger partial charge in [0.25, 0.3) is 0 Å². The zero-order chi connectivity index (χ0) is 14.4. The number of hydrogen-bond donors (Lipinski definition) is 1. The van der Waals surface area contributed by atoms with Gasteiger partial charge in [-0.25, -0.2) is 0 Å². The molecule has 2 heterocycles. The van der Waals surface area contributed by atoms with Gasteiger partial charge in [-0.05, 0) is 38.8 Å². The fourth-order valence-corrected chi connectivity index (χ4v) is 3.16. The van der Waals surface area contributed by atoms with Crippen LogP contribution in [0.25, 0.3) is 0 Å². The van der Waals surface area contributed by atoms with E-state index in [1.807, 2.05) is 11.9 Å². The van der Waals surface area contributed by atoms with Gasteiger partial charge in [-0.3, -0.25) is 9.59 Å². The van der Waals surface area contributed by atoms with Crippen LogP contribution >= 0.6 is 0 Å². The van der Waals surface area contributed by atoms with Crippen molar-refractivity contribution in [2.24, 2.45) is 5.92 Å². The summed E-state index contributed by atoms with van der Waals surface area (Å²) in [6.07, 6.45) is 5.99. The standard InChI is InChI=1S/C15H27N3O2/c1-16-10-13-7-9-18(11-13)15(20)12-17-8-5-3-2-4-6-14(17)19/h13,16H,2-12H2,1H3/t13-/m0/s1. The molecule has 0 unspecified atom stereocenters. The van der Waals surface area contributed by atoms with E-state index in [9.17, 15) is 9.59 Å². The van der Waals surface area contributed by atoms with Crippen LogP contribution in [0.3, 0.4) is 0 Å². The Balaban J connectivity index is 1.82.